The number of hydrogen-bond acceptors (Lipinski definition) is 9. The molecule has 1 aliphatic rings. The molecule has 1 atom stereocenters. The van der Waals surface area contributed by atoms with Gasteiger partial charge in [-0.05, 0) is 50.1 Å². The number of aromatic nitrogens is 7. The number of ether oxygens (including phenoxy) is 1. The number of nitrogens with one attached hydrogen (secondary N) is 1. The molecule has 1 N–H and O–H groups in total. The molecule has 0 bridgehead atoms. The lowest BCUT2D eigenvalue weighted by Gasteiger charge is -2.31. The van der Waals surface area contributed by atoms with Gasteiger partial charge in [-0.15, -0.1) is 0 Å². The maximum atomic E-state index is 15.5. The van der Waals surface area contributed by atoms with E-state index in [1.54, 1.807) is 53.0 Å². The van der Waals surface area contributed by atoms with Crippen LogP contribution in [-0.2, 0) is 4.79 Å². The summed E-state index contributed by atoms with van der Waals surface area (Å²) >= 11 is 0. The third-order valence-electron chi connectivity index (χ3n) is 6.77. The third kappa shape index (κ3) is 4.59. The zero-order valence-corrected chi connectivity index (χ0v) is 21.7. The highest BCUT2D eigenvalue weighted by atomic mass is 19.1. The van der Waals surface area contributed by atoms with Crippen LogP contribution < -0.4 is 10.1 Å². The first-order valence-corrected chi connectivity index (χ1v) is 12.5. The summed E-state index contributed by atoms with van der Waals surface area (Å²) in [4.78, 5) is 35.8. The van der Waals surface area contributed by atoms with E-state index in [9.17, 15) is 4.79 Å². The molecule has 0 saturated carbocycles. The summed E-state index contributed by atoms with van der Waals surface area (Å²) in [5.41, 5.74) is 3.01. The van der Waals surface area contributed by atoms with Crippen LogP contribution in [0.1, 0.15) is 24.7 Å². The molecule has 40 heavy (non-hydrogen) atoms. The number of rotatable bonds is 6. The van der Waals surface area contributed by atoms with Gasteiger partial charge in [-0.2, -0.15) is 5.10 Å². The van der Waals surface area contributed by atoms with Crippen molar-refractivity contribution in [3.63, 3.8) is 0 Å². The first-order chi connectivity index (χ1) is 19.4. The van der Waals surface area contributed by atoms with Crippen LogP contribution in [0, 0.1) is 12.7 Å². The molecule has 1 aromatic carbocycles. The number of hydrogen-bond donors (Lipinski definition) is 1. The van der Waals surface area contributed by atoms with Crippen LogP contribution >= 0.6 is 0 Å². The number of anilines is 2. The van der Waals surface area contributed by atoms with Crippen molar-refractivity contribution in [3.05, 3.63) is 85.2 Å². The van der Waals surface area contributed by atoms with E-state index < -0.39 is 5.82 Å². The van der Waals surface area contributed by atoms with Crippen molar-refractivity contribution in [2.75, 3.05) is 11.9 Å². The summed E-state index contributed by atoms with van der Waals surface area (Å²) in [6, 6.07) is 6.68. The molecule has 1 aliphatic heterocycles. The van der Waals surface area contributed by atoms with E-state index in [4.69, 9.17) is 9.72 Å². The van der Waals surface area contributed by atoms with Gasteiger partial charge in [0.25, 0.3) is 0 Å². The Hall–Kier alpha value is -5.26. The molecule has 0 fully saturated rings. The normalized spacial score (nSPS) is 15.2. The highest BCUT2D eigenvalue weighted by Crippen LogP contribution is 2.33. The minimum atomic E-state index is -0.488. The number of fused-ring (bicyclic) bond motifs is 2. The zero-order valence-electron chi connectivity index (χ0n) is 21.7. The Balaban J connectivity index is 1.27. The molecule has 12 heteroatoms. The Labute approximate surface area is 228 Å². The van der Waals surface area contributed by atoms with Gasteiger partial charge in [-0.25, -0.2) is 33.8 Å². The van der Waals surface area contributed by atoms with Crippen LogP contribution in [0.4, 0.5) is 15.9 Å². The Morgan fingerprint density at radius 2 is 2.08 bits per heavy atom. The second-order valence-corrected chi connectivity index (χ2v) is 9.33. The molecule has 0 aliphatic carbocycles. The SMILES string of the molecule is C=CC(=O)N1CC=C(c2ncc3ncnc(Nc4ccc(Oc5ccn6ncnc6c5)c(C)c4F)c3n2)C[C@@H]1C. The summed E-state index contributed by atoms with van der Waals surface area (Å²) in [7, 11) is 0. The lowest BCUT2D eigenvalue weighted by atomic mass is 10.0. The van der Waals surface area contributed by atoms with Crippen LogP contribution in [-0.4, -0.2) is 57.9 Å². The second kappa shape index (κ2) is 10.1. The molecule has 5 aromatic rings. The second-order valence-electron chi connectivity index (χ2n) is 9.33. The number of amides is 1. The molecule has 6 rings (SSSR count). The number of benzene rings is 1. The molecule has 4 aromatic heterocycles. The van der Waals surface area contributed by atoms with Crippen molar-refractivity contribution in [1.29, 1.82) is 0 Å². The molecular formula is C28H24FN9O2. The first kappa shape index (κ1) is 25.0. The minimum absolute atomic E-state index is 0.0366. The van der Waals surface area contributed by atoms with Crippen molar-refractivity contribution < 1.29 is 13.9 Å². The molecule has 200 valence electrons. The van der Waals surface area contributed by atoms with Crippen LogP contribution in [0.2, 0.25) is 0 Å². The fourth-order valence-corrected chi connectivity index (χ4v) is 4.60. The molecule has 0 unspecified atom stereocenters. The highest BCUT2D eigenvalue weighted by molar-refractivity contribution is 5.89. The van der Waals surface area contributed by atoms with Gasteiger partial charge in [0.2, 0.25) is 5.91 Å². The number of pyridine rings is 1. The average Bonchev–Trinajstić information content (AvgIpc) is 3.44. The zero-order chi connectivity index (χ0) is 27.8. The predicted molar refractivity (Wildman–Crippen MR) is 147 cm³/mol. The minimum Gasteiger partial charge on any atom is -0.457 e. The number of halogens is 1. The predicted octanol–water partition coefficient (Wildman–Crippen LogP) is 4.64. The summed E-state index contributed by atoms with van der Waals surface area (Å²) < 4.78 is 23.0. The number of carbonyl (C=O) groups is 1. The van der Waals surface area contributed by atoms with Gasteiger partial charge in [0.05, 0.1) is 11.9 Å². The van der Waals surface area contributed by atoms with E-state index in [0.29, 0.717) is 58.4 Å². The number of nitrogens with zero attached hydrogens (tertiary/aromatic N) is 8. The van der Waals surface area contributed by atoms with Gasteiger partial charge >= 0.3 is 0 Å². The molecule has 11 nitrogen and oxygen atoms in total. The summed E-state index contributed by atoms with van der Waals surface area (Å²) in [6.45, 7) is 7.62. The molecule has 1 amide bonds. The van der Waals surface area contributed by atoms with Crippen molar-refractivity contribution >= 4 is 39.7 Å². The largest absolute Gasteiger partial charge is 0.457 e. The van der Waals surface area contributed by atoms with Gasteiger partial charge in [-0.3, -0.25) is 4.79 Å². The van der Waals surface area contributed by atoms with E-state index in [1.807, 2.05) is 13.0 Å². The summed E-state index contributed by atoms with van der Waals surface area (Å²) in [5.74, 6) is 1.12. The standard InChI is InChI=1S/C28H24FN9O2/c1-4-24(39)37-9-7-18(11-16(37)2)27-30-13-21-26(36-27)28(33-14-31-21)35-20-5-6-22(17(3)25(20)29)40-19-8-10-38-23(12-19)32-15-34-38/h4-8,10,12-16H,1,9,11H2,2-3H3,(H,31,33,35)/t16-/m0/s1. The lowest BCUT2D eigenvalue weighted by Crippen LogP contribution is -2.40. The summed E-state index contributed by atoms with van der Waals surface area (Å²) in [5, 5.41) is 7.12. The molecule has 5 heterocycles. The molecule has 0 radical (unpaired) electrons. The topological polar surface area (TPSA) is 123 Å². The van der Waals surface area contributed by atoms with Gasteiger partial charge in [-0.1, -0.05) is 12.7 Å². The van der Waals surface area contributed by atoms with E-state index in [2.05, 4.69) is 36.9 Å². The lowest BCUT2D eigenvalue weighted by molar-refractivity contribution is -0.127. The quantitative estimate of drug-likeness (QED) is 0.309. The fraction of sp³-hybridized carbons (Fsp3) is 0.179. The maximum Gasteiger partial charge on any atom is 0.246 e. The Morgan fingerprint density at radius 1 is 1.20 bits per heavy atom. The monoisotopic (exact) mass is 537 g/mol. The van der Waals surface area contributed by atoms with Gasteiger partial charge in [0, 0.05) is 30.4 Å². The van der Waals surface area contributed by atoms with E-state index in [-0.39, 0.29) is 17.6 Å². The van der Waals surface area contributed by atoms with Crippen molar-refractivity contribution in [2.45, 2.75) is 26.3 Å². The van der Waals surface area contributed by atoms with Crippen LogP contribution in [0.15, 0.2) is 68.0 Å². The van der Waals surface area contributed by atoms with Gasteiger partial charge in [0.1, 0.15) is 35.2 Å². The summed E-state index contributed by atoms with van der Waals surface area (Å²) in [6.07, 6.45) is 9.98. The van der Waals surface area contributed by atoms with Crippen LogP contribution in [0.5, 0.6) is 11.5 Å². The Kier molecular flexibility index (Phi) is 6.34. The van der Waals surface area contributed by atoms with Crippen LogP contribution in [0.3, 0.4) is 0 Å². The van der Waals surface area contributed by atoms with Crippen molar-refractivity contribution in [3.8, 4) is 11.5 Å². The third-order valence-corrected chi connectivity index (χ3v) is 6.77. The maximum absolute atomic E-state index is 15.5. The van der Waals surface area contributed by atoms with Crippen molar-refractivity contribution in [2.24, 2.45) is 0 Å². The fourth-order valence-electron chi connectivity index (χ4n) is 4.60. The van der Waals surface area contributed by atoms with Gasteiger partial charge in [0.15, 0.2) is 23.1 Å². The van der Waals surface area contributed by atoms with E-state index >= 15 is 4.39 Å². The molecule has 0 spiro atoms. The van der Waals surface area contributed by atoms with Crippen molar-refractivity contribution in [1.82, 2.24) is 39.4 Å². The first-order valence-electron chi connectivity index (χ1n) is 12.5. The van der Waals surface area contributed by atoms with Gasteiger partial charge < -0.3 is 15.0 Å². The number of carbonyl (C=O) groups excluding carboxylic acids is 1. The van der Waals surface area contributed by atoms with Crippen LogP contribution in [0.25, 0.3) is 22.3 Å². The van der Waals surface area contributed by atoms with E-state index in [1.165, 1.54) is 18.7 Å². The molecular weight excluding hydrogens is 513 g/mol. The Morgan fingerprint density at radius 3 is 2.90 bits per heavy atom. The highest BCUT2D eigenvalue weighted by Gasteiger charge is 2.24. The Bertz CT molecular complexity index is 1820. The smallest absolute Gasteiger partial charge is 0.246 e. The van der Waals surface area contributed by atoms with E-state index in [0.717, 1.165) is 5.57 Å². The average molecular weight is 538 g/mol. The molecule has 0 saturated heterocycles.